The highest BCUT2D eigenvalue weighted by Gasteiger charge is 2.17. The van der Waals surface area contributed by atoms with Gasteiger partial charge in [-0.05, 0) is 33.8 Å². The Hall–Kier alpha value is -1.39. The fourth-order valence-corrected chi connectivity index (χ4v) is 3.47. The molecule has 3 aromatic rings. The highest BCUT2D eigenvalue weighted by molar-refractivity contribution is 7.10. The second kappa shape index (κ2) is 5.31. The minimum atomic E-state index is -0.0721. The number of benzene rings is 2. The van der Waals surface area contributed by atoms with Crippen molar-refractivity contribution < 1.29 is 0 Å². The third-order valence-electron chi connectivity index (χ3n) is 3.18. The van der Waals surface area contributed by atoms with Crippen LogP contribution in [-0.2, 0) is 0 Å². The van der Waals surface area contributed by atoms with Gasteiger partial charge in [0.05, 0.1) is 11.1 Å². The van der Waals surface area contributed by atoms with Gasteiger partial charge in [-0.1, -0.05) is 48.0 Å². The van der Waals surface area contributed by atoms with E-state index < -0.39 is 0 Å². The van der Waals surface area contributed by atoms with Crippen LogP contribution in [0.1, 0.15) is 16.5 Å². The number of fused-ring (bicyclic) bond motifs is 1. The Morgan fingerprint density at radius 3 is 2.53 bits per heavy atom. The molecule has 1 heterocycles. The van der Waals surface area contributed by atoms with E-state index >= 15 is 0 Å². The van der Waals surface area contributed by atoms with Crippen molar-refractivity contribution in [2.24, 2.45) is 5.84 Å². The number of nitrogens with one attached hydrogen (secondary N) is 1. The van der Waals surface area contributed by atoms with E-state index in [-0.39, 0.29) is 6.04 Å². The maximum atomic E-state index is 6.20. The Morgan fingerprint density at radius 2 is 1.84 bits per heavy atom. The molecular weight excluding hydrogens is 276 g/mol. The summed E-state index contributed by atoms with van der Waals surface area (Å²) in [5, 5.41) is 5.15. The molecule has 2 aromatic carbocycles. The molecule has 4 heteroatoms. The Balaban J connectivity index is 2.09. The number of halogens is 1. The molecule has 96 valence electrons. The molecule has 0 fully saturated rings. The van der Waals surface area contributed by atoms with E-state index in [0.717, 1.165) is 15.5 Å². The number of hydrazine groups is 1. The van der Waals surface area contributed by atoms with Gasteiger partial charge in [-0.2, -0.15) is 0 Å². The second-order valence-electron chi connectivity index (χ2n) is 4.34. The van der Waals surface area contributed by atoms with Gasteiger partial charge in [0.1, 0.15) is 0 Å². The fraction of sp³-hybridized carbons (Fsp3) is 0.0667. The molecule has 0 aliphatic carbocycles. The average Bonchev–Trinajstić information content (AvgIpc) is 2.86. The number of rotatable bonds is 3. The van der Waals surface area contributed by atoms with E-state index in [0.29, 0.717) is 0 Å². The average molecular weight is 289 g/mol. The molecule has 0 saturated heterocycles. The fourth-order valence-electron chi connectivity index (χ4n) is 2.22. The first-order chi connectivity index (χ1) is 9.29. The summed E-state index contributed by atoms with van der Waals surface area (Å²) in [6.07, 6.45) is 0. The Kier molecular flexibility index (Phi) is 3.53. The van der Waals surface area contributed by atoms with E-state index in [2.05, 4.69) is 35.8 Å². The van der Waals surface area contributed by atoms with E-state index in [4.69, 9.17) is 17.4 Å². The van der Waals surface area contributed by atoms with Crippen molar-refractivity contribution >= 4 is 33.7 Å². The number of nitrogens with two attached hydrogens (primary N) is 1. The SMILES string of the molecule is NNC(c1ccc2ccccc2c1)c1sccc1Cl. The predicted molar refractivity (Wildman–Crippen MR) is 82.4 cm³/mol. The lowest BCUT2D eigenvalue weighted by Crippen LogP contribution is -2.28. The predicted octanol–water partition coefficient (Wildman–Crippen LogP) is 4.11. The topological polar surface area (TPSA) is 38.0 Å². The second-order valence-corrected chi connectivity index (χ2v) is 5.69. The van der Waals surface area contributed by atoms with Gasteiger partial charge in [-0.3, -0.25) is 5.84 Å². The first-order valence-electron chi connectivity index (χ1n) is 5.97. The van der Waals surface area contributed by atoms with Crippen LogP contribution in [0.3, 0.4) is 0 Å². The molecule has 1 atom stereocenters. The molecule has 0 radical (unpaired) electrons. The molecule has 1 aromatic heterocycles. The lowest BCUT2D eigenvalue weighted by Gasteiger charge is -2.16. The number of hydrogen-bond acceptors (Lipinski definition) is 3. The van der Waals surface area contributed by atoms with Gasteiger partial charge in [0.2, 0.25) is 0 Å². The zero-order chi connectivity index (χ0) is 13.2. The van der Waals surface area contributed by atoms with Gasteiger partial charge in [0.15, 0.2) is 0 Å². The van der Waals surface area contributed by atoms with Crippen LogP contribution in [0.4, 0.5) is 0 Å². The normalized spacial score (nSPS) is 12.7. The third-order valence-corrected chi connectivity index (χ3v) is 4.60. The zero-order valence-electron chi connectivity index (χ0n) is 10.1. The standard InChI is InChI=1S/C15H13ClN2S/c16-13-7-8-19-15(13)14(18-17)12-6-5-10-3-1-2-4-11(10)9-12/h1-9,14,18H,17H2. The summed E-state index contributed by atoms with van der Waals surface area (Å²) in [4.78, 5) is 1.04. The van der Waals surface area contributed by atoms with Gasteiger partial charge >= 0.3 is 0 Å². The van der Waals surface area contributed by atoms with Crippen molar-refractivity contribution in [3.8, 4) is 0 Å². The van der Waals surface area contributed by atoms with E-state index in [1.54, 1.807) is 11.3 Å². The summed E-state index contributed by atoms with van der Waals surface area (Å²) in [5.74, 6) is 5.71. The smallest absolute Gasteiger partial charge is 0.0817 e. The summed E-state index contributed by atoms with van der Waals surface area (Å²) in [7, 11) is 0. The molecular formula is C15H13ClN2S. The van der Waals surface area contributed by atoms with Crippen LogP contribution in [0.15, 0.2) is 53.9 Å². The molecule has 0 amide bonds. The van der Waals surface area contributed by atoms with Crippen molar-refractivity contribution in [3.63, 3.8) is 0 Å². The molecule has 1 unspecified atom stereocenters. The quantitative estimate of drug-likeness (QED) is 0.562. The monoisotopic (exact) mass is 288 g/mol. The number of thiophene rings is 1. The van der Waals surface area contributed by atoms with Crippen LogP contribution in [0, 0.1) is 0 Å². The summed E-state index contributed by atoms with van der Waals surface area (Å²) >= 11 is 7.80. The van der Waals surface area contributed by atoms with Crippen molar-refractivity contribution in [1.29, 1.82) is 0 Å². The Morgan fingerprint density at radius 1 is 1.05 bits per heavy atom. The Bertz CT molecular complexity index is 708. The molecule has 2 nitrogen and oxygen atoms in total. The highest BCUT2D eigenvalue weighted by atomic mass is 35.5. The van der Waals surface area contributed by atoms with Crippen LogP contribution in [0.5, 0.6) is 0 Å². The van der Waals surface area contributed by atoms with E-state index in [9.17, 15) is 0 Å². The molecule has 19 heavy (non-hydrogen) atoms. The van der Waals surface area contributed by atoms with Gasteiger partial charge in [0.25, 0.3) is 0 Å². The molecule has 3 N–H and O–H groups in total. The van der Waals surface area contributed by atoms with Crippen molar-refractivity contribution in [1.82, 2.24) is 5.43 Å². The van der Waals surface area contributed by atoms with Crippen LogP contribution in [0.2, 0.25) is 5.02 Å². The van der Waals surface area contributed by atoms with Gasteiger partial charge in [-0.25, -0.2) is 5.43 Å². The minimum Gasteiger partial charge on any atom is -0.271 e. The molecule has 0 bridgehead atoms. The summed E-state index contributed by atoms with van der Waals surface area (Å²) in [6.45, 7) is 0. The molecule has 0 aliphatic rings. The van der Waals surface area contributed by atoms with Crippen LogP contribution >= 0.6 is 22.9 Å². The van der Waals surface area contributed by atoms with E-state index in [1.807, 2.05) is 23.6 Å². The van der Waals surface area contributed by atoms with Crippen molar-refractivity contribution in [2.75, 3.05) is 0 Å². The van der Waals surface area contributed by atoms with Gasteiger partial charge in [-0.15, -0.1) is 11.3 Å². The minimum absolute atomic E-state index is 0.0721. The Labute approximate surface area is 120 Å². The lowest BCUT2D eigenvalue weighted by atomic mass is 10.0. The number of hydrogen-bond donors (Lipinski definition) is 2. The molecule has 0 spiro atoms. The van der Waals surface area contributed by atoms with Gasteiger partial charge in [0, 0.05) is 4.88 Å². The highest BCUT2D eigenvalue weighted by Crippen LogP contribution is 2.33. The van der Waals surface area contributed by atoms with E-state index in [1.165, 1.54) is 10.8 Å². The maximum Gasteiger partial charge on any atom is 0.0817 e. The molecule has 0 aliphatic heterocycles. The van der Waals surface area contributed by atoms with Crippen molar-refractivity contribution in [3.05, 3.63) is 69.4 Å². The summed E-state index contributed by atoms with van der Waals surface area (Å²) < 4.78 is 0. The van der Waals surface area contributed by atoms with Gasteiger partial charge < -0.3 is 0 Å². The molecule has 3 rings (SSSR count). The molecule has 0 saturated carbocycles. The zero-order valence-corrected chi connectivity index (χ0v) is 11.7. The first-order valence-corrected chi connectivity index (χ1v) is 7.23. The summed E-state index contributed by atoms with van der Waals surface area (Å²) in [6, 6.07) is 16.4. The third kappa shape index (κ3) is 2.38. The lowest BCUT2D eigenvalue weighted by molar-refractivity contribution is 0.647. The van der Waals surface area contributed by atoms with Crippen LogP contribution in [-0.4, -0.2) is 0 Å². The summed E-state index contributed by atoms with van der Waals surface area (Å²) in [5.41, 5.74) is 3.97. The largest absolute Gasteiger partial charge is 0.271 e. The van der Waals surface area contributed by atoms with Crippen LogP contribution < -0.4 is 11.3 Å². The van der Waals surface area contributed by atoms with Crippen LogP contribution in [0.25, 0.3) is 10.8 Å². The van der Waals surface area contributed by atoms with Crippen molar-refractivity contribution in [2.45, 2.75) is 6.04 Å². The maximum absolute atomic E-state index is 6.20. The first kappa shape index (κ1) is 12.6.